The lowest BCUT2D eigenvalue weighted by atomic mass is 9.95. The zero-order valence-corrected chi connectivity index (χ0v) is 15.1. The summed E-state index contributed by atoms with van der Waals surface area (Å²) in [7, 11) is 0. The van der Waals surface area contributed by atoms with E-state index in [1.54, 1.807) is 0 Å². The van der Waals surface area contributed by atoms with Crippen molar-refractivity contribution in [2.45, 2.75) is 57.0 Å². The van der Waals surface area contributed by atoms with E-state index in [-0.39, 0.29) is 24.3 Å². The maximum absolute atomic E-state index is 13.4. The van der Waals surface area contributed by atoms with Gasteiger partial charge in [-0.25, -0.2) is 9.07 Å². The van der Waals surface area contributed by atoms with E-state index < -0.39 is 0 Å². The molecule has 1 aliphatic carbocycles. The van der Waals surface area contributed by atoms with Gasteiger partial charge in [-0.3, -0.25) is 4.90 Å². The fourth-order valence-electron chi connectivity index (χ4n) is 4.13. The molecular weight excluding hydrogens is 341 g/mol. The Morgan fingerprint density at radius 2 is 1.64 bits per heavy atom. The van der Waals surface area contributed by atoms with Crippen LogP contribution < -0.4 is 12.4 Å². The lowest BCUT2D eigenvalue weighted by Gasteiger charge is -2.29. The van der Waals surface area contributed by atoms with Crippen LogP contribution in [-0.4, -0.2) is 38.2 Å². The van der Waals surface area contributed by atoms with E-state index in [1.807, 2.05) is 16.8 Å². The molecule has 25 heavy (non-hydrogen) atoms. The Morgan fingerprint density at radius 3 is 2.32 bits per heavy atom. The predicted octanol–water partition coefficient (Wildman–Crippen LogP) is 0.507. The van der Waals surface area contributed by atoms with Gasteiger partial charge in [-0.1, -0.05) is 31.4 Å². The number of tetrazole rings is 1. The first-order valence-corrected chi connectivity index (χ1v) is 9.10. The Morgan fingerprint density at radius 1 is 0.960 bits per heavy atom. The summed E-state index contributed by atoms with van der Waals surface area (Å²) >= 11 is 0. The Balaban J connectivity index is 0.00000182. The van der Waals surface area contributed by atoms with Gasteiger partial charge in [0.2, 0.25) is 0 Å². The van der Waals surface area contributed by atoms with E-state index >= 15 is 0 Å². The molecule has 1 unspecified atom stereocenters. The van der Waals surface area contributed by atoms with E-state index in [1.165, 1.54) is 44.2 Å². The second-order valence-electron chi connectivity index (χ2n) is 6.97. The van der Waals surface area contributed by atoms with Crippen LogP contribution in [0.15, 0.2) is 24.3 Å². The molecule has 136 valence electrons. The van der Waals surface area contributed by atoms with Gasteiger partial charge in [0.05, 0.1) is 12.1 Å². The molecule has 0 spiro atoms. The summed E-state index contributed by atoms with van der Waals surface area (Å²) in [5.41, 5.74) is 1.07. The van der Waals surface area contributed by atoms with Gasteiger partial charge >= 0.3 is 0 Å². The van der Waals surface area contributed by atoms with Gasteiger partial charge in [0.15, 0.2) is 5.82 Å². The maximum Gasteiger partial charge on any atom is 0.173 e. The largest absolute Gasteiger partial charge is 1.00 e. The normalized spacial score (nSPS) is 20.4. The quantitative estimate of drug-likeness (QED) is 0.793. The van der Waals surface area contributed by atoms with Crippen LogP contribution in [0.1, 0.15) is 68.4 Å². The van der Waals surface area contributed by atoms with Crippen molar-refractivity contribution >= 4 is 0 Å². The van der Waals surface area contributed by atoms with Crippen molar-refractivity contribution in [3.63, 3.8) is 0 Å². The van der Waals surface area contributed by atoms with Crippen LogP contribution in [0.5, 0.6) is 0 Å². The molecule has 0 radical (unpaired) electrons. The molecule has 7 heteroatoms. The number of likely N-dealkylation sites (tertiary alicyclic amines) is 1. The molecule has 1 aliphatic heterocycles. The summed E-state index contributed by atoms with van der Waals surface area (Å²) < 4.78 is 15.4. The second kappa shape index (κ2) is 8.23. The molecule has 2 aliphatic rings. The van der Waals surface area contributed by atoms with Crippen molar-refractivity contribution in [3.8, 4) is 0 Å². The molecule has 0 amide bonds. The minimum absolute atomic E-state index is 0. The topological polar surface area (TPSA) is 46.8 Å². The molecule has 1 aromatic heterocycles. The molecule has 1 aromatic carbocycles. The average molecular weight is 365 g/mol. The third kappa shape index (κ3) is 3.85. The van der Waals surface area contributed by atoms with Crippen molar-refractivity contribution in [1.29, 1.82) is 0 Å². The van der Waals surface area contributed by atoms with Crippen molar-refractivity contribution in [2.24, 2.45) is 0 Å². The van der Waals surface area contributed by atoms with Gasteiger partial charge in [-0.2, -0.15) is 0 Å². The van der Waals surface area contributed by atoms with Crippen LogP contribution in [0.25, 0.3) is 0 Å². The highest BCUT2D eigenvalue weighted by atomic mass is 35.5. The molecule has 2 fully saturated rings. The van der Waals surface area contributed by atoms with Crippen molar-refractivity contribution in [3.05, 3.63) is 41.5 Å². The molecule has 2 heterocycles. The smallest absolute Gasteiger partial charge is 0.173 e. The zero-order chi connectivity index (χ0) is 16.4. The third-order valence-electron chi connectivity index (χ3n) is 5.37. The highest BCUT2D eigenvalue weighted by Crippen LogP contribution is 2.34. The summed E-state index contributed by atoms with van der Waals surface area (Å²) in [6, 6.07) is 7.23. The molecule has 0 bridgehead atoms. The summed E-state index contributed by atoms with van der Waals surface area (Å²) in [6.45, 7) is 2.08. The van der Waals surface area contributed by atoms with Gasteiger partial charge in [0.25, 0.3) is 0 Å². The molecule has 4 rings (SSSR count). The van der Waals surface area contributed by atoms with Crippen LogP contribution in [0.2, 0.25) is 0 Å². The Kier molecular flexibility index (Phi) is 6.02. The highest BCUT2D eigenvalue weighted by molar-refractivity contribution is 5.25. The fourth-order valence-corrected chi connectivity index (χ4v) is 4.13. The van der Waals surface area contributed by atoms with E-state index in [9.17, 15) is 4.39 Å². The molecule has 1 saturated carbocycles. The SMILES string of the molecule is Fc1ccc(C(c2nnnn2C2CCCCC2)N2CCCC2)cc1.[Cl-]. The van der Waals surface area contributed by atoms with Gasteiger partial charge in [0.1, 0.15) is 5.82 Å². The van der Waals surface area contributed by atoms with Crippen molar-refractivity contribution in [1.82, 2.24) is 25.1 Å². The van der Waals surface area contributed by atoms with Crippen LogP contribution >= 0.6 is 0 Å². The first kappa shape index (κ1) is 18.3. The Labute approximate surface area is 154 Å². The van der Waals surface area contributed by atoms with Crippen LogP contribution in [-0.2, 0) is 0 Å². The lowest BCUT2D eigenvalue weighted by molar-refractivity contribution is -0.00000574. The molecule has 1 atom stereocenters. The van der Waals surface area contributed by atoms with E-state index in [4.69, 9.17) is 0 Å². The van der Waals surface area contributed by atoms with Gasteiger partial charge in [-0.15, -0.1) is 5.10 Å². The second-order valence-corrected chi connectivity index (χ2v) is 6.97. The minimum Gasteiger partial charge on any atom is -1.00 e. The molecular formula is C18H24ClFN5-. The van der Waals surface area contributed by atoms with Crippen LogP contribution in [0, 0.1) is 5.82 Å². The fraction of sp³-hybridized carbons (Fsp3) is 0.611. The zero-order valence-electron chi connectivity index (χ0n) is 14.3. The molecule has 5 nitrogen and oxygen atoms in total. The molecule has 1 saturated heterocycles. The van der Waals surface area contributed by atoms with Gasteiger partial charge in [0, 0.05) is 0 Å². The first-order valence-electron chi connectivity index (χ1n) is 9.10. The number of hydrogen-bond donors (Lipinski definition) is 0. The number of nitrogens with zero attached hydrogens (tertiary/aromatic N) is 5. The van der Waals surface area contributed by atoms with Crippen LogP contribution in [0.4, 0.5) is 4.39 Å². The van der Waals surface area contributed by atoms with E-state index in [2.05, 4.69) is 20.4 Å². The summed E-state index contributed by atoms with van der Waals surface area (Å²) in [4.78, 5) is 2.43. The van der Waals surface area contributed by atoms with E-state index in [0.29, 0.717) is 6.04 Å². The Hall–Kier alpha value is -1.53. The Bertz CT molecular complexity index is 662. The lowest BCUT2D eigenvalue weighted by Crippen LogP contribution is -3.00. The molecule has 2 aromatic rings. The highest BCUT2D eigenvalue weighted by Gasteiger charge is 2.32. The number of benzene rings is 1. The number of aromatic nitrogens is 4. The summed E-state index contributed by atoms with van der Waals surface area (Å²) in [6.07, 6.45) is 8.49. The standard InChI is InChI=1S/C18H24FN5.ClH/c19-15-10-8-14(9-11-15)17(23-12-4-5-13-23)18-20-21-22-24(18)16-6-2-1-3-7-16;/h8-11,16-17H,1-7,12-13H2;1H/p-1. The van der Waals surface area contributed by atoms with E-state index in [0.717, 1.165) is 37.3 Å². The van der Waals surface area contributed by atoms with Gasteiger partial charge in [-0.05, 0) is 66.9 Å². The number of hydrogen-bond acceptors (Lipinski definition) is 4. The number of halogens is 2. The summed E-state index contributed by atoms with van der Waals surface area (Å²) in [5.74, 6) is 0.709. The van der Waals surface area contributed by atoms with Crippen LogP contribution in [0.3, 0.4) is 0 Å². The monoisotopic (exact) mass is 364 g/mol. The van der Waals surface area contributed by atoms with Crippen molar-refractivity contribution < 1.29 is 16.8 Å². The van der Waals surface area contributed by atoms with Gasteiger partial charge < -0.3 is 12.4 Å². The first-order chi connectivity index (χ1) is 11.8. The third-order valence-corrected chi connectivity index (χ3v) is 5.37. The maximum atomic E-state index is 13.4. The average Bonchev–Trinajstić information content (AvgIpc) is 3.30. The predicted molar refractivity (Wildman–Crippen MR) is 89.0 cm³/mol. The van der Waals surface area contributed by atoms with Crippen molar-refractivity contribution in [2.75, 3.05) is 13.1 Å². The molecule has 0 N–H and O–H groups in total. The summed E-state index contributed by atoms with van der Waals surface area (Å²) in [5, 5.41) is 12.7. The minimum atomic E-state index is -0.203. The number of rotatable bonds is 4.